The molecule has 1 aromatic carbocycles. The molecular formula is C18H24N2S. The number of benzene rings is 1. The smallest absolute Gasteiger partial charge is 0.101 e. The van der Waals surface area contributed by atoms with Crippen LogP contribution >= 0.6 is 11.8 Å². The summed E-state index contributed by atoms with van der Waals surface area (Å²) < 4.78 is 0. The number of hydrogen-bond acceptors (Lipinski definition) is 3. The molecule has 1 atom stereocenters. The second-order valence-electron chi connectivity index (χ2n) is 5.48. The third kappa shape index (κ3) is 4.58. The van der Waals surface area contributed by atoms with Crippen LogP contribution in [0.15, 0.2) is 46.5 Å². The lowest BCUT2D eigenvalue weighted by molar-refractivity contribution is 0.568. The zero-order valence-corrected chi connectivity index (χ0v) is 14.1. The molecule has 1 unspecified atom stereocenters. The van der Waals surface area contributed by atoms with Crippen LogP contribution in [0.5, 0.6) is 0 Å². The van der Waals surface area contributed by atoms with E-state index in [1.165, 1.54) is 21.6 Å². The first-order valence-corrected chi connectivity index (χ1v) is 8.36. The molecule has 0 aliphatic heterocycles. The molecular weight excluding hydrogens is 276 g/mol. The number of rotatable bonds is 6. The second kappa shape index (κ2) is 7.62. The summed E-state index contributed by atoms with van der Waals surface area (Å²) in [5.74, 6) is 0. The Labute approximate surface area is 132 Å². The van der Waals surface area contributed by atoms with Gasteiger partial charge in [0, 0.05) is 17.1 Å². The first-order chi connectivity index (χ1) is 10.1. The van der Waals surface area contributed by atoms with Crippen molar-refractivity contribution in [1.29, 1.82) is 0 Å². The first-order valence-electron chi connectivity index (χ1n) is 7.54. The van der Waals surface area contributed by atoms with E-state index in [4.69, 9.17) is 0 Å². The van der Waals surface area contributed by atoms with E-state index in [0.29, 0.717) is 6.04 Å². The van der Waals surface area contributed by atoms with E-state index in [9.17, 15) is 0 Å². The molecule has 2 nitrogen and oxygen atoms in total. The SMILES string of the molecule is CCCNC(C)c1ccc(Sc2ccc(C)cc2C)nc1. The molecule has 0 saturated heterocycles. The third-order valence-electron chi connectivity index (χ3n) is 3.50. The van der Waals surface area contributed by atoms with Crippen LogP contribution in [0.3, 0.4) is 0 Å². The standard InChI is InChI=1S/C18H24N2S/c1-5-10-19-15(4)16-7-9-18(20-12-16)21-17-8-6-13(2)11-14(17)3/h6-9,11-12,15,19H,5,10H2,1-4H3. The lowest BCUT2D eigenvalue weighted by atomic mass is 10.1. The van der Waals surface area contributed by atoms with Crippen LogP contribution in [0.4, 0.5) is 0 Å². The van der Waals surface area contributed by atoms with Gasteiger partial charge in [-0.15, -0.1) is 0 Å². The van der Waals surface area contributed by atoms with Crippen LogP contribution in [0.2, 0.25) is 0 Å². The van der Waals surface area contributed by atoms with Crippen molar-refractivity contribution in [2.24, 2.45) is 0 Å². The lowest BCUT2D eigenvalue weighted by Gasteiger charge is -2.13. The van der Waals surface area contributed by atoms with Crippen molar-refractivity contribution in [2.75, 3.05) is 6.54 Å². The summed E-state index contributed by atoms with van der Waals surface area (Å²) in [6, 6.07) is 11.2. The molecule has 112 valence electrons. The minimum absolute atomic E-state index is 0.359. The van der Waals surface area contributed by atoms with E-state index in [-0.39, 0.29) is 0 Å². The maximum Gasteiger partial charge on any atom is 0.101 e. The van der Waals surface area contributed by atoms with Gasteiger partial charge in [-0.1, -0.05) is 42.4 Å². The van der Waals surface area contributed by atoms with Crippen molar-refractivity contribution in [3.63, 3.8) is 0 Å². The fourth-order valence-electron chi connectivity index (χ4n) is 2.21. The predicted molar refractivity (Wildman–Crippen MR) is 91.0 cm³/mol. The lowest BCUT2D eigenvalue weighted by Crippen LogP contribution is -2.19. The summed E-state index contributed by atoms with van der Waals surface area (Å²) in [6.07, 6.45) is 3.14. The highest BCUT2D eigenvalue weighted by Gasteiger charge is 2.06. The summed E-state index contributed by atoms with van der Waals surface area (Å²) in [5.41, 5.74) is 3.85. The number of aromatic nitrogens is 1. The Morgan fingerprint density at radius 2 is 2.00 bits per heavy atom. The normalized spacial score (nSPS) is 12.4. The van der Waals surface area contributed by atoms with Gasteiger partial charge < -0.3 is 5.32 Å². The molecule has 0 aliphatic rings. The Hall–Kier alpha value is -1.32. The van der Waals surface area contributed by atoms with Crippen molar-refractivity contribution in [3.8, 4) is 0 Å². The highest BCUT2D eigenvalue weighted by molar-refractivity contribution is 7.99. The van der Waals surface area contributed by atoms with E-state index in [0.717, 1.165) is 18.0 Å². The quantitative estimate of drug-likeness (QED) is 0.820. The van der Waals surface area contributed by atoms with Gasteiger partial charge in [0.25, 0.3) is 0 Å². The molecule has 2 aromatic rings. The van der Waals surface area contributed by atoms with Gasteiger partial charge in [-0.25, -0.2) is 4.98 Å². The van der Waals surface area contributed by atoms with E-state index in [1.54, 1.807) is 11.8 Å². The summed E-state index contributed by atoms with van der Waals surface area (Å²) >= 11 is 1.73. The van der Waals surface area contributed by atoms with E-state index < -0.39 is 0 Å². The van der Waals surface area contributed by atoms with Gasteiger partial charge in [-0.3, -0.25) is 0 Å². The van der Waals surface area contributed by atoms with Gasteiger partial charge >= 0.3 is 0 Å². The van der Waals surface area contributed by atoms with Crippen LogP contribution in [-0.4, -0.2) is 11.5 Å². The Balaban J connectivity index is 2.05. The van der Waals surface area contributed by atoms with Crippen molar-refractivity contribution in [1.82, 2.24) is 10.3 Å². The average molecular weight is 300 g/mol. The number of pyridine rings is 1. The second-order valence-corrected chi connectivity index (χ2v) is 6.54. The Morgan fingerprint density at radius 3 is 2.62 bits per heavy atom. The van der Waals surface area contributed by atoms with Crippen LogP contribution in [-0.2, 0) is 0 Å². The van der Waals surface area contributed by atoms with Crippen LogP contribution in [0.25, 0.3) is 0 Å². The molecule has 0 aliphatic carbocycles. The van der Waals surface area contributed by atoms with Gasteiger partial charge in [0.15, 0.2) is 0 Å². The molecule has 0 spiro atoms. The molecule has 0 amide bonds. The Kier molecular flexibility index (Phi) is 5.83. The Morgan fingerprint density at radius 1 is 1.19 bits per heavy atom. The minimum Gasteiger partial charge on any atom is -0.310 e. The van der Waals surface area contributed by atoms with E-state index in [2.05, 4.69) is 68.3 Å². The van der Waals surface area contributed by atoms with Crippen molar-refractivity contribution >= 4 is 11.8 Å². The third-order valence-corrected chi connectivity index (χ3v) is 4.63. The molecule has 1 aromatic heterocycles. The van der Waals surface area contributed by atoms with E-state index >= 15 is 0 Å². The number of hydrogen-bond donors (Lipinski definition) is 1. The molecule has 1 N–H and O–H groups in total. The highest BCUT2D eigenvalue weighted by Crippen LogP contribution is 2.29. The first kappa shape index (κ1) is 16.1. The largest absolute Gasteiger partial charge is 0.310 e. The minimum atomic E-state index is 0.359. The maximum absolute atomic E-state index is 4.59. The van der Waals surface area contributed by atoms with Crippen molar-refractivity contribution < 1.29 is 0 Å². The van der Waals surface area contributed by atoms with Gasteiger partial charge in [-0.2, -0.15) is 0 Å². The zero-order valence-electron chi connectivity index (χ0n) is 13.3. The maximum atomic E-state index is 4.59. The molecule has 1 heterocycles. The topological polar surface area (TPSA) is 24.9 Å². The number of nitrogens with one attached hydrogen (secondary N) is 1. The van der Waals surface area contributed by atoms with Gasteiger partial charge in [0.05, 0.1) is 0 Å². The van der Waals surface area contributed by atoms with Crippen LogP contribution in [0.1, 0.15) is 43.0 Å². The molecule has 0 radical (unpaired) electrons. The fourth-order valence-corrected chi connectivity index (χ4v) is 3.04. The number of aryl methyl sites for hydroxylation is 2. The monoisotopic (exact) mass is 300 g/mol. The molecule has 3 heteroatoms. The highest BCUT2D eigenvalue weighted by atomic mass is 32.2. The fraction of sp³-hybridized carbons (Fsp3) is 0.389. The molecule has 0 bridgehead atoms. The number of nitrogens with zero attached hydrogens (tertiary/aromatic N) is 1. The van der Waals surface area contributed by atoms with Crippen LogP contribution < -0.4 is 5.32 Å². The summed E-state index contributed by atoms with van der Waals surface area (Å²) in [6.45, 7) is 9.69. The summed E-state index contributed by atoms with van der Waals surface area (Å²) in [7, 11) is 0. The molecule has 0 saturated carbocycles. The zero-order chi connectivity index (χ0) is 15.2. The van der Waals surface area contributed by atoms with Crippen LogP contribution in [0, 0.1) is 13.8 Å². The van der Waals surface area contributed by atoms with E-state index in [1.807, 2.05) is 6.20 Å². The summed E-state index contributed by atoms with van der Waals surface area (Å²) in [4.78, 5) is 5.87. The van der Waals surface area contributed by atoms with Crippen molar-refractivity contribution in [3.05, 3.63) is 53.2 Å². The van der Waals surface area contributed by atoms with Crippen molar-refractivity contribution in [2.45, 2.75) is 50.1 Å². The molecule has 0 fully saturated rings. The van der Waals surface area contributed by atoms with Gasteiger partial charge in [-0.05, 0) is 57.0 Å². The average Bonchev–Trinajstić information content (AvgIpc) is 2.48. The predicted octanol–water partition coefficient (Wildman–Crippen LogP) is 4.91. The molecule has 21 heavy (non-hydrogen) atoms. The van der Waals surface area contributed by atoms with Gasteiger partial charge in [0.2, 0.25) is 0 Å². The van der Waals surface area contributed by atoms with Gasteiger partial charge in [0.1, 0.15) is 5.03 Å². The molecule has 2 rings (SSSR count). The summed E-state index contributed by atoms with van der Waals surface area (Å²) in [5, 5.41) is 4.54. The Bertz CT molecular complexity index is 578.